The van der Waals surface area contributed by atoms with Gasteiger partial charge in [0, 0.05) is 8.95 Å². The molecule has 0 spiro atoms. The number of nitrogens with one attached hydrogen (secondary N) is 1. The van der Waals surface area contributed by atoms with E-state index in [2.05, 4.69) is 37.2 Å². The van der Waals surface area contributed by atoms with Crippen LogP contribution < -0.4 is 14.8 Å². The van der Waals surface area contributed by atoms with Gasteiger partial charge in [-0.15, -0.1) is 0 Å². The normalized spacial score (nSPS) is 11.0. The maximum absolute atomic E-state index is 12.7. The summed E-state index contributed by atoms with van der Waals surface area (Å²) in [6, 6.07) is 16.1. The van der Waals surface area contributed by atoms with Crippen LogP contribution in [0.1, 0.15) is 16.7 Å². The van der Waals surface area contributed by atoms with Gasteiger partial charge in [-0.2, -0.15) is 5.26 Å². The Morgan fingerprint density at radius 1 is 1.06 bits per heavy atom. The Bertz CT molecular complexity index is 1300. The second-order valence-corrected chi connectivity index (χ2v) is 9.70. The summed E-state index contributed by atoms with van der Waals surface area (Å²) in [4.78, 5) is 12.7. The number of benzene rings is 3. The molecule has 174 valence electrons. The highest BCUT2D eigenvalue weighted by Crippen LogP contribution is 2.33. The highest BCUT2D eigenvalue weighted by atomic mass is 79.9. The smallest absolute Gasteiger partial charge is 0.266 e. The molecule has 5 nitrogen and oxygen atoms in total. The van der Waals surface area contributed by atoms with E-state index >= 15 is 0 Å². The number of nitriles is 1. The van der Waals surface area contributed by atoms with Crippen molar-refractivity contribution in [1.29, 1.82) is 5.26 Å². The molecule has 1 N–H and O–H groups in total. The average molecular weight is 625 g/mol. The molecule has 9 heteroatoms. The number of ether oxygens (including phenoxy) is 2. The van der Waals surface area contributed by atoms with Crippen molar-refractivity contribution in [3.05, 3.63) is 89.8 Å². The summed E-state index contributed by atoms with van der Waals surface area (Å²) in [5.41, 5.74) is 2.94. The quantitative estimate of drug-likeness (QED) is 0.214. The van der Waals surface area contributed by atoms with Gasteiger partial charge in [0.15, 0.2) is 11.5 Å². The molecule has 34 heavy (non-hydrogen) atoms. The van der Waals surface area contributed by atoms with Crippen molar-refractivity contribution in [2.45, 2.75) is 13.5 Å². The number of hydrogen-bond donors (Lipinski definition) is 1. The predicted octanol–water partition coefficient (Wildman–Crippen LogP) is 7.96. The first-order chi connectivity index (χ1) is 16.2. The van der Waals surface area contributed by atoms with Gasteiger partial charge in [-0.1, -0.05) is 35.3 Å². The SMILES string of the molecule is COc1cc(/C=C(\C#N)C(=O)Nc2c(Br)cc(C)cc2Br)ccc1OCc1ccc(Cl)c(Cl)c1. The fraction of sp³-hybridized carbons (Fsp3) is 0.120. The zero-order chi connectivity index (χ0) is 24.8. The highest BCUT2D eigenvalue weighted by Gasteiger charge is 2.15. The van der Waals surface area contributed by atoms with E-state index in [-0.39, 0.29) is 12.2 Å². The Morgan fingerprint density at radius 3 is 2.38 bits per heavy atom. The molecule has 0 bridgehead atoms. The third kappa shape index (κ3) is 6.55. The van der Waals surface area contributed by atoms with Crippen molar-refractivity contribution >= 4 is 72.7 Å². The van der Waals surface area contributed by atoms with E-state index in [1.807, 2.05) is 31.2 Å². The van der Waals surface area contributed by atoms with E-state index in [4.69, 9.17) is 32.7 Å². The maximum Gasteiger partial charge on any atom is 0.266 e. The molecule has 0 saturated heterocycles. The van der Waals surface area contributed by atoms with Crippen LogP contribution in [0.3, 0.4) is 0 Å². The van der Waals surface area contributed by atoms with E-state index in [1.165, 1.54) is 13.2 Å². The standard InChI is InChI=1S/C25H18Br2Cl2N2O3/c1-14-7-18(26)24(19(27)8-14)31-25(32)17(12-30)9-15-4-6-22(23(11-15)33-2)34-13-16-3-5-20(28)21(29)10-16/h3-11H,13H2,1-2H3,(H,31,32)/b17-9+. The molecule has 0 atom stereocenters. The fourth-order valence-electron chi connectivity index (χ4n) is 3.00. The van der Waals surface area contributed by atoms with Gasteiger partial charge in [-0.3, -0.25) is 4.79 Å². The fourth-order valence-corrected chi connectivity index (χ4v) is 4.93. The number of carbonyl (C=O) groups excluding carboxylic acids is 1. The lowest BCUT2D eigenvalue weighted by Gasteiger charge is -2.12. The van der Waals surface area contributed by atoms with Crippen LogP contribution in [0, 0.1) is 18.3 Å². The molecule has 0 aliphatic heterocycles. The molecule has 0 radical (unpaired) electrons. The molecule has 0 aliphatic rings. The van der Waals surface area contributed by atoms with Gasteiger partial charge in [0.2, 0.25) is 0 Å². The first-order valence-corrected chi connectivity index (χ1v) is 12.2. The zero-order valence-corrected chi connectivity index (χ0v) is 22.8. The Kier molecular flexibility index (Phi) is 9.03. The Hall–Kier alpha value is -2.50. The van der Waals surface area contributed by atoms with Gasteiger partial charge < -0.3 is 14.8 Å². The molecule has 0 fully saturated rings. The van der Waals surface area contributed by atoms with Crippen molar-refractivity contribution in [2.75, 3.05) is 12.4 Å². The van der Waals surface area contributed by atoms with Crippen molar-refractivity contribution in [2.24, 2.45) is 0 Å². The number of hydrogen-bond acceptors (Lipinski definition) is 4. The molecule has 3 aromatic rings. The van der Waals surface area contributed by atoms with Gasteiger partial charge >= 0.3 is 0 Å². The third-order valence-corrected chi connectivity index (χ3v) is 6.66. The lowest BCUT2D eigenvalue weighted by molar-refractivity contribution is -0.112. The number of rotatable bonds is 7. The number of aryl methyl sites for hydroxylation is 1. The minimum absolute atomic E-state index is 0.0640. The molecule has 0 saturated carbocycles. The molecular formula is C25H18Br2Cl2N2O3. The van der Waals surface area contributed by atoms with E-state index in [1.54, 1.807) is 30.3 Å². The average Bonchev–Trinajstić information content (AvgIpc) is 2.80. The molecule has 0 heterocycles. The first kappa shape index (κ1) is 26.1. The van der Waals surface area contributed by atoms with Crippen LogP contribution in [-0.4, -0.2) is 13.0 Å². The molecule has 0 unspecified atom stereocenters. The van der Waals surface area contributed by atoms with Crippen LogP contribution in [0.25, 0.3) is 6.08 Å². The lowest BCUT2D eigenvalue weighted by Crippen LogP contribution is -2.14. The molecule has 3 aromatic carbocycles. The van der Waals surface area contributed by atoms with Crippen molar-refractivity contribution in [3.63, 3.8) is 0 Å². The number of methoxy groups -OCH3 is 1. The van der Waals surface area contributed by atoms with Gasteiger partial charge in [-0.05, 0) is 97.9 Å². The second-order valence-electron chi connectivity index (χ2n) is 7.17. The topological polar surface area (TPSA) is 71.3 Å². The summed E-state index contributed by atoms with van der Waals surface area (Å²) in [6.45, 7) is 2.20. The van der Waals surface area contributed by atoms with Crippen molar-refractivity contribution in [3.8, 4) is 17.6 Å². The summed E-state index contributed by atoms with van der Waals surface area (Å²) in [5.74, 6) is 0.420. The number of anilines is 1. The lowest BCUT2D eigenvalue weighted by atomic mass is 10.1. The van der Waals surface area contributed by atoms with E-state index in [0.29, 0.717) is 41.7 Å². The number of carbonyl (C=O) groups is 1. The molecular weight excluding hydrogens is 607 g/mol. The van der Waals surface area contributed by atoms with Gasteiger partial charge in [0.1, 0.15) is 18.2 Å². The van der Waals surface area contributed by atoms with E-state index < -0.39 is 5.91 Å². The van der Waals surface area contributed by atoms with Crippen molar-refractivity contribution < 1.29 is 14.3 Å². The number of halogens is 4. The molecule has 0 aliphatic carbocycles. The summed E-state index contributed by atoms with van der Waals surface area (Å²) >= 11 is 18.9. The van der Waals surface area contributed by atoms with Gasteiger partial charge in [0.25, 0.3) is 5.91 Å². The minimum Gasteiger partial charge on any atom is -0.493 e. The Balaban J connectivity index is 1.79. The van der Waals surface area contributed by atoms with Crippen LogP contribution in [0.2, 0.25) is 10.0 Å². The molecule has 3 rings (SSSR count). The monoisotopic (exact) mass is 622 g/mol. The molecule has 1 amide bonds. The second kappa shape index (κ2) is 11.8. The first-order valence-electron chi connectivity index (χ1n) is 9.85. The maximum atomic E-state index is 12.7. The summed E-state index contributed by atoms with van der Waals surface area (Å²) in [6.07, 6.45) is 1.48. The Labute approximate surface area is 224 Å². The Morgan fingerprint density at radius 2 is 1.76 bits per heavy atom. The highest BCUT2D eigenvalue weighted by molar-refractivity contribution is 9.11. The summed E-state index contributed by atoms with van der Waals surface area (Å²) in [5, 5.41) is 13.3. The molecule has 0 aromatic heterocycles. The van der Waals surface area contributed by atoms with Crippen LogP contribution in [0.15, 0.2) is 63.0 Å². The summed E-state index contributed by atoms with van der Waals surface area (Å²) < 4.78 is 12.7. The van der Waals surface area contributed by atoms with Crippen LogP contribution >= 0.6 is 55.1 Å². The largest absolute Gasteiger partial charge is 0.493 e. The van der Waals surface area contributed by atoms with Gasteiger partial charge in [0.05, 0.1) is 22.8 Å². The number of amides is 1. The van der Waals surface area contributed by atoms with E-state index in [0.717, 1.165) is 11.1 Å². The van der Waals surface area contributed by atoms with Crippen LogP contribution in [0.4, 0.5) is 5.69 Å². The van der Waals surface area contributed by atoms with Crippen LogP contribution in [-0.2, 0) is 11.4 Å². The minimum atomic E-state index is -0.535. The van der Waals surface area contributed by atoms with Crippen LogP contribution in [0.5, 0.6) is 11.5 Å². The third-order valence-electron chi connectivity index (χ3n) is 4.67. The summed E-state index contributed by atoms with van der Waals surface area (Å²) in [7, 11) is 1.51. The van der Waals surface area contributed by atoms with Gasteiger partial charge in [-0.25, -0.2) is 0 Å². The number of nitrogens with zero attached hydrogens (tertiary/aromatic N) is 1. The van der Waals surface area contributed by atoms with E-state index in [9.17, 15) is 10.1 Å². The van der Waals surface area contributed by atoms with Crippen molar-refractivity contribution in [1.82, 2.24) is 0 Å². The predicted molar refractivity (Wildman–Crippen MR) is 143 cm³/mol. The zero-order valence-electron chi connectivity index (χ0n) is 18.1.